The van der Waals surface area contributed by atoms with Crippen LogP contribution in [0.2, 0.25) is 0 Å². The van der Waals surface area contributed by atoms with E-state index < -0.39 is 11.9 Å². The van der Waals surface area contributed by atoms with Crippen LogP contribution in [0.15, 0.2) is 0 Å². The maximum absolute atomic E-state index is 11.9. The minimum Gasteiger partial charge on any atom is -0.481 e. The average molecular weight is 299 g/mol. The van der Waals surface area contributed by atoms with Crippen molar-refractivity contribution in [2.75, 3.05) is 32.7 Å². The Kier molecular flexibility index (Phi) is 6.98. The number of hydrogen-bond donors (Lipinski definition) is 2. The van der Waals surface area contributed by atoms with Gasteiger partial charge in [-0.1, -0.05) is 6.92 Å². The molecule has 7 nitrogen and oxygen atoms in total. The molecule has 120 valence electrons. The SMILES string of the molecule is CCN(CC(C)C(=O)O)C(=O)NCCC(=O)N1CCCC1. The summed E-state index contributed by atoms with van der Waals surface area (Å²) in [5.74, 6) is -1.47. The first-order chi connectivity index (χ1) is 9.95. The van der Waals surface area contributed by atoms with Crippen LogP contribution < -0.4 is 5.32 Å². The van der Waals surface area contributed by atoms with Crippen LogP contribution >= 0.6 is 0 Å². The number of carboxylic acids is 1. The Labute approximate surface area is 125 Å². The van der Waals surface area contributed by atoms with Crippen molar-refractivity contribution in [1.29, 1.82) is 0 Å². The van der Waals surface area contributed by atoms with Crippen LogP contribution in [0.5, 0.6) is 0 Å². The fourth-order valence-electron chi connectivity index (χ4n) is 2.28. The molecule has 0 bridgehead atoms. The lowest BCUT2D eigenvalue weighted by Gasteiger charge is -2.23. The summed E-state index contributed by atoms with van der Waals surface area (Å²) in [6, 6.07) is -0.320. The van der Waals surface area contributed by atoms with E-state index in [4.69, 9.17) is 5.11 Å². The second-order valence-corrected chi connectivity index (χ2v) is 5.35. The Morgan fingerprint density at radius 1 is 1.29 bits per heavy atom. The normalized spacial score (nSPS) is 15.6. The lowest BCUT2D eigenvalue weighted by Crippen LogP contribution is -2.44. The Morgan fingerprint density at radius 3 is 2.43 bits per heavy atom. The molecular weight excluding hydrogens is 274 g/mol. The second kappa shape index (κ2) is 8.49. The Bertz CT molecular complexity index is 380. The summed E-state index contributed by atoms with van der Waals surface area (Å²) in [4.78, 5) is 37.8. The first-order valence-corrected chi connectivity index (χ1v) is 7.49. The van der Waals surface area contributed by atoms with E-state index in [1.165, 1.54) is 4.90 Å². The molecule has 2 N–H and O–H groups in total. The predicted octanol–water partition coefficient (Wildman–Crippen LogP) is 0.751. The number of likely N-dealkylation sites (tertiary alicyclic amines) is 1. The van der Waals surface area contributed by atoms with Crippen LogP contribution in [0, 0.1) is 5.92 Å². The number of nitrogens with one attached hydrogen (secondary N) is 1. The third-order valence-electron chi connectivity index (χ3n) is 3.66. The summed E-state index contributed by atoms with van der Waals surface area (Å²) < 4.78 is 0. The Hall–Kier alpha value is -1.79. The third kappa shape index (κ3) is 5.61. The number of hydrogen-bond acceptors (Lipinski definition) is 3. The molecule has 21 heavy (non-hydrogen) atoms. The lowest BCUT2D eigenvalue weighted by atomic mass is 10.2. The molecule has 0 spiro atoms. The molecule has 0 radical (unpaired) electrons. The zero-order valence-electron chi connectivity index (χ0n) is 12.8. The van der Waals surface area contributed by atoms with Gasteiger partial charge in [0.15, 0.2) is 0 Å². The number of carbonyl (C=O) groups is 3. The van der Waals surface area contributed by atoms with E-state index in [2.05, 4.69) is 5.32 Å². The molecule has 1 fully saturated rings. The summed E-state index contributed by atoms with van der Waals surface area (Å²) >= 11 is 0. The molecule has 0 aromatic heterocycles. The molecule has 3 amide bonds. The highest BCUT2D eigenvalue weighted by Crippen LogP contribution is 2.08. The predicted molar refractivity (Wildman–Crippen MR) is 77.9 cm³/mol. The van der Waals surface area contributed by atoms with E-state index in [1.807, 2.05) is 4.90 Å². The highest BCUT2D eigenvalue weighted by Gasteiger charge is 2.20. The number of urea groups is 1. The fraction of sp³-hybridized carbons (Fsp3) is 0.786. The van der Waals surface area contributed by atoms with Gasteiger partial charge in [0.1, 0.15) is 0 Å². The van der Waals surface area contributed by atoms with Crippen LogP contribution in [-0.2, 0) is 9.59 Å². The molecule has 0 saturated carbocycles. The minimum absolute atomic E-state index is 0.0646. The van der Waals surface area contributed by atoms with Gasteiger partial charge >= 0.3 is 12.0 Å². The molecule has 0 aliphatic carbocycles. The Morgan fingerprint density at radius 2 is 1.90 bits per heavy atom. The zero-order chi connectivity index (χ0) is 15.8. The highest BCUT2D eigenvalue weighted by molar-refractivity contribution is 5.79. The number of carbonyl (C=O) groups excluding carboxylic acids is 2. The number of aliphatic carboxylic acids is 1. The molecule has 7 heteroatoms. The summed E-state index contributed by atoms with van der Waals surface area (Å²) in [6.07, 6.45) is 2.39. The largest absolute Gasteiger partial charge is 0.481 e. The molecule has 0 aromatic rings. The first-order valence-electron chi connectivity index (χ1n) is 7.49. The smallest absolute Gasteiger partial charge is 0.317 e. The van der Waals surface area contributed by atoms with Gasteiger partial charge in [0.2, 0.25) is 5.91 Å². The van der Waals surface area contributed by atoms with Gasteiger partial charge in [-0.15, -0.1) is 0 Å². The standard InChI is InChI=1S/C14H25N3O4/c1-3-16(10-11(2)13(19)20)14(21)15-7-6-12(18)17-8-4-5-9-17/h11H,3-10H2,1-2H3,(H,15,21)(H,19,20). The van der Waals surface area contributed by atoms with Gasteiger partial charge in [0, 0.05) is 39.1 Å². The van der Waals surface area contributed by atoms with Gasteiger partial charge in [-0.05, 0) is 19.8 Å². The van der Waals surface area contributed by atoms with Crippen molar-refractivity contribution in [2.45, 2.75) is 33.1 Å². The summed E-state index contributed by atoms with van der Waals surface area (Å²) in [6.45, 7) is 5.86. The van der Waals surface area contributed by atoms with Gasteiger partial charge in [-0.3, -0.25) is 9.59 Å². The van der Waals surface area contributed by atoms with E-state index in [0.29, 0.717) is 6.54 Å². The van der Waals surface area contributed by atoms with Crippen molar-refractivity contribution >= 4 is 17.9 Å². The maximum atomic E-state index is 11.9. The van der Waals surface area contributed by atoms with Crippen molar-refractivity contribution in [3.8, 4) is 0 Å². The molecule has 1 unspecified atom stereocenters. The molecule has 1 aliphatic heterocycles. The number of carboxylic acid groups (broad SMARTS) is 1. The van der Waals surface area contributed by atoms with Gasteiger partial charge in [-0.25, -0.2) is 4.79 Å². The van der Waals surface area contributed by atoms with Gasteiger partial charge in [0.25, 0.3) is 0 Å². The molecule has 1 saturated heterocycles. The van der Waals surface area contributed by atoms with Crippen molar-refractivity contribution in [3.63, 3.8) is 0 Å². The molecule has 0 aromatic carbocycles. The third-order valence-corrected chi connectivity index (χ3v) is 3.66. The molecule has 1 atom stereocenters. The van der Waals surface area contributed by atoms with Gasteiger partial charge in [0.05, 0.1) is 5.92 Å². The minimum atomic E-state index is -0.925. The topological polar surface area (TPSA) is 90.0 Å². The fourth-order valence-corrected chi connectivity index (χ4v) is 2.28. The van der Waals surface area contributed by atoms with Crippen molar-refractivity contribution < 1.29 is 19.5 Å². The van der Waals surface area contributed by atoms with Crippen LogP contribution in [0.25, 0.3) is 0 Å². The van der Waals surface area contributed by atoms with E-state index in [9.17, 15) is 14.4 Å². The number of nitrogens with zero attached hydrogens (tertiary/aromatic N) is 2. The van der Waals surface area contributed by atoms with Crippen LogP contribution in [0.1, 0.15) is 33.1 Å². The van der Waals surface area contributed by atoms with Crippen molar-refractivity contribution in [1.82, 2.24) is 15.1 Å². The summed E-state index contributed by atoms with van der Waals surface area (Å²) in [5.41, 5.74) is 0. The van der Waals surface area contributed by atoms with Crippen LogP contribution in [0.4, 0.5) is 4.79 Å². The quantitative estimate of drug-likeness (QED) is 0.726. The van der Waals surface area contributed by atoms with Crippen LogP contribution in [0.3, 0.4) is 0 Å². The first kappa shape index (κ1) is 17.3. The summed E-state index contributed by atoms with van der Waals surface area (Å²) in [5, 5.41) is 11.5. The lowest BCUT2D eigenvalue weighted by molar-refractivity contribution is -0.141. The number of amides is 3. The number of rotatable bonds is 7. The molecule has 1 aliphatic rings. The van der Waals surface area contributed by atoms with Gasteiger partial charge < -0.3 is 20.2 Å². The van der Waals surface area contributed by atoms with E-state index in [-0.39, 0.29) is 31.4 Å². The average Bonchev–Trinajstić information content (AvgIpc) is 2.98. The maximum Gasteiger partial charge on any atom is 0.317 e. The zero-order valence-corrected chi connectivity index (χ0v) is 12.8. The van der Waals surface area contributed by atoms with Crippen molar-refractivity contribution in [3.05, 3.63) is 0 Å². The van der Waals surface area contributed by atoms with E-state index in [0.717, 1.165) is 25.9 Å². The van der Waals surface area contributed by atoms with Crippen molar-refractivity contribution in [2.24, 2.45) is 5.92 Å². The summed E-state index contributed by atoms with van der Waals surface area (Å²) in [7, 11) is 0. The molecule has 1 rings (SSSR count). The van der Waals surface area contributed by atoms with Gasteiger partial charge in [-0.2, -0.15) is 0 Å². The van der Waals surface area contributed by atoms with Crippen LogP contribution in [-0.4, -0.2) is 65.5 Å². The Balaban J connectivity index is 2.30. The second-order valence-electron chi connectivity index (χ2n) is 5.35. The highest BCUT2D eigenvalue weighted by atomic mass is 16.4. The monoisotopic (exact) mass is 299 g/mol. The van der Waals surface area contributed by atoms with E-state index in [1.54, 1.807) is 13.8 Å². The van der Waals surface area contributed by atoms with E-state index >= 15 is 0 Å². The molecule has 1 heterocycles. The molecular formula is C14H25N3O4.